The molecule has 12 heavy (non-hydrogen) atoms. The van der Waals surface area contributed by atoms with Crippen LogP contribution in [0.5, 0.6) is 0 Å². The zero-order chi connectivity index (χ0) is 9.14. The Morgan fingerprint density at radius 2 is 2.42 bits per heavy atom. The van der Waals surface area contributed by atoms with Crippen molar-refractivity contribution in [1.82, 2.24) is 4.98 Å². The van der Waals surface area contributed by atoms with Crippen LogP contribution >= 0.6 is 0 Å². The van der Waals surface area contributed by atoms with E-state index in [1.807, 2.05) is 0 Å². The van der Waals surface area contributed by atoms with Gasteiger partial charge in [0.2, 0.25) is 0 Å². The van der Waals surface area contributed by atoms with Crippen molar-refractivity contribution in [3.63, 3.8) is 0 Å². The number of carboxylic acid groups (broad SMARTS) is 1. The van der Waals surface area contributed by atoms with Gasteiger partial charge in [-0.1, -0.05) is 0 Å². The molecule has 3 N–H and O–H groups in total. The number of hydrogen-bond donors (Lipinski definition) is 2. The molecule has 0 aliphatic rings. The Hall–Kier alpha value is -1.42. The monoisotopic (exact) mass is 166 g/mol. The number of carbonyl (C=O) groups is 1. The van der Waals surface area contributed by atoms with Gasteiger partial charge in [-0.15, -0.1) is 0 Å². The summed E-state index contributed by atoms with van der Waals surface area (Å²) in [7, 11) is 0. The zero-order valence-corrected chi connectivity index (χ0v) is 6.69. The summed E-state index contributed by atoms with van der Waals surface area (Å²) < 4.78 is 0. The summed E-state index contributed by atoms with van der Waals surface area (Å²) in [6.45, 7) is 1.70. The molecule has 64 valence electrons. The fraction of sp³-hybridized carbons (Fsp3) is 0.250. The van der Waals surface area contributed by atoms with Gasteiger partial charge in [-0.2, -0.15) is 0 Å². The highest BCUT2D eigenvalue weighted by Gasteiger charge is 2.12. The predicted octanol–water partition coefficient (Wildman–Crippen LogP) is 0.800. The minimum absolute atomic E-state index is 0.174. The van der Waals surface area contributed by atoms with Crippen molar-refractivity contribution in [2.75, 3.05) is 0 Å². The van der Waals surface area contributed by atoms with Crippen molar-refractivity contribution in [3.05, 3.63) is 29.6 Å². The summed E-state index contributed by atoms with van der Waals surface area (Å²) in [5, 5.41) is 8.72. The molecule has 0 bridgehead atoms. The van der Waals surface area contributed by atoms with E-state index in [1.165, 1.54) is 12.3 Å². The number of nitrogens with zero attached hydrogens (tertiary/aromatic N) is 1. The number of carboxylic acids is 1. The molecule has 0 aromatic carbocycles. The van der Waals surface area contributed by atoms with Gasteiger partial charge in [0.05, 0.1) is 11.3 Å². The summed E-state index contributed by atoms with van der Waals surface area (Å²) in [4.78, 5) is 14.5. The van der Waals surface area contributed by atoms with E-state index >= 15 is 0 Å². The van der Waals surface area contributed by atoms with Gasteiger partial charge in [-0.3, -0.25) is 4.98 Å². The van der Waals surface area contributed by atoms with E-state index in [-0.39, 0.29) is 11.6 Å². The van der Waals surface area contributed by atoms with E-state index in [0.717, 1.165) is 0 Å². The quantitative estimate of drug-likeness (QED) is 0.681. The van der Waals surface area contributed by atoms with Gasteiger partial charge < -0.3 is 10.8 Å². The van der Waals surface area contributed by atoms with Crippen molar-refractivity contribution in [3.8, 4) is 0 Å². The van der Waals surface area contributed by atoms with E-state index < -0.39 is 5.97 Å². The van der Waals surface area contributed by atoms with E-state index in [1.54, 1.807) is 13.0 Å². The molecule has 1 atom stereocenters. The van der Waals surface area contributed by atoms with Crippen molar-refractivity contribution in [2.45, 2.75) is 13.0 Å². The molecule has 0 saturated carbocycles. The average Bonchev–Trinajstić information content (AvgIpc) is 2.04. The van der Waals surface area contributed by atoms with E-state index in [2.05, 4.69) is 4.98 Å². The van der Waals surface area contributed by atoms with Crippen molar-refractivity contribution < 1.29 is 9.90 Å². The Bertz CT molecular complexity index is 297. The molecule has 4 heteroatoms. The minimum atomic E-state index is -0.990. The van der Waals surface area contributed by atoms with Crippen LogP contribution in [0, 0.1) is 0 Å². The Morgan fingerprint density at radius 1 is 1.75 bits per heavy atom. The molecule has 1 heterocycles. The first-order valence-corrected chi connectivity index (χ1v) is 3.56. The summed E-state index contributed by atoms with van der Waals surface area (Å²) in [6.07, 6.45) is 1.53. The van der Waals surface area contributed by atoms with Crippen LogP contribution in [0.25, 0.3) is 0 Å². The maximum absolute atomic E-state index is 10.6. The Labute approximate surface area is 70.0 Å². The first-order valence-electron chi connectivity index (χ1n) is 3.56. The third-order valence-corrected chi connectivity index (χ3v) is 1.50. The smallest absolute Gasteiger partial charge is 0.337 e. The largest absolute Gasteiger partial charge is 0.478 e. The van der Waals surface area contributed by atoms with Crippen LogP contribution in [0.15, 0.2) is 18.3 Å². The van der Waals surface area contributed by atoms with Crippen molar-refractivity contribution in [2.24, 2.45) is 5.73 Å². The van der Waals surface area contributed by atoms with Gasteiger partial charge in [0.15, 0.2) is 0 Å². The maximum Gasteiger partial charge on any atom is 0.337 e. The van der Waals surface area contributed by atoms with Crippen LogP contribution in [0.2, 0.25) is 0 Å². The number of hydrogen-bond acceptors (Lipinski definition) is 3. The van der Waals surface area contributed by atoms with E-state index in [9.17, 15) is 4.79 Å². The molecule has 4 nitrogen and oxygen atoms in total. The molecule has 0 amide bonds. The molecule has 0 saturated heterocycles. The third-order valence-electron chi connectivity index (χ3n) is 1.50. The minimum Gasteiger partial charge on any atom is -0.478 e. The second-order valence-electron chi connectivity index (χ2n) is 2.53. The summed E-state index contributed by atoms with van der Waals surface area (Å²) in [6, 6.07) is 2.72. The van der Waals surface area contributed by atoms with E-state index in [0.29, 0.717) is 5.69 Å². The topological polar surface area (TPSA) is 76.2 Å². The predicted molar refractivity (Wildman–Crippen MR) is 43.8 cm³/mol. The fourth-order valence-electron chi connectivity index (χ4n) is 0.961. The molecule has 0 aliphatic heterocycles. The molecule has 0 aliphatic carbocycles. The molecule has 1 aromatic rings. The van der Waals surface area contributed by atoms with Gasteiger partial charge in [0.25, 0.3) is 0 Å². The Balaban J connectivity index is 3.17. The van der Waals surface area contributed by atoms with Crippen molar-refractivity contribution in [1.29, 1.82) is 0 Å². The van der Waals surface area contributed by atoms with Crippen molar-refractivity contribution >= 4 is 5.97 Å². The van der Waals surface area contributed by atoms with Crippen LogP contribution in [0.3, 0.4) is 0 Å². The first-order chi connectivity index (χ1) is 5.63. The van der Waals surface area contributed by atoms with Crippen LogP contribution in [0.4, 0.5) is 0 Å². The molecular formula is C8H10N2O2. The SMILES string of the molecule is C[C@@H](N)c1ncccc1C(=O)O. The number of aromatic nitrogens is 1. The number of rotatable bonds is 2. The van der Waals surface area contributed by atoms with Crippen LogP contribution in [-0.4, -0.2) is 16.1 Å². The second-order valence-corrected chi connectivity index (χ2v) is 2.53. The normalized spacial score (nSPS) is 12.5. The lowest BCUT2D eigenvalue weighted by molar-refractivity contribution is 0.0694. The third kappa shape index (κ3) is 1.60. The Morgan fingerprint density at radius 3 is 2.83 bits per heavy atom. The summed E-state index contributed by atoms with van der Waals surface area (Å²) >= 11 is 0. The summed E-state index contributed by atoms with van der Waals surface area (Å²) in [5.41, 5.74) is 6.12. The van der Waals surface area contributed by atoms with Crippen LogP contribution < -0.4 is 5.73 Å². The number of nitrogens with two attached hydrogens (primary N) is 1. The lowest BCUT2D eigenvalue weighted by Crippen LogP contribution is -2.13. The molecule has 1 rings (SSSR count). The Kier molecular flexibility index (Phi) is 2.40. The molecule has 0 spiro atoms. The number of pyridine rings is 1. The highest BCUT2D eigenvalue weighted by atomic mass is 16.4. The molecular weight excluding hydrogens is 156 g/mol. The number of aromatic carboxylic acids is 1. The first kappa shape index (κ1) is 8.67. The van der Waals surface area contributed by atoms with Gasteiger partial charge in [-0.05, 0) is 19.1 Å². The van der Waals surface area contributed by atoms with E-state index in [4.69, 9.17) is 10.8 Å². The van der Waals surface area contributed by atoms with Crippen LogP contribution in [0.1, 0.15) is 29.0 Å². The molecule has 1 aromatic heterocycles. The van der Waals surface area contributed by atoms with Gasteiger partial charge in [-0.25, -0.2) is 4.79 Å². The average molecular weight is 166 g/mol. The lowest BCUT2D eigenvalue weighted by atomic mass is 10.1. The van der Waals surface area contributed by atoms with Gasteiger partial charge >= 0.3 is 5.97 Å². The molecule has 0 unspecified atom stereocenters. The van der Waals surface area contributed by atoms with Gasteiger partial charge in [0.1, 0.15) is 0 Å². The lowest BCUT2D eigenvalue weighted by Gasteiger charge is -2.06. The highest BCUT2D eigenvalue weighted by molar-refractivity contribution is 5.88. The summed E-state index contributed by atoms with van der Waals surface area (Å²) in [5.74, 6) is -0.990. The standard InChI is InChI=1S/C8H10N2O2/c1-5(9)7-6(8(11)12)3-2-4-10-7/h2-5H,9H2,1H3,(H,11,12)/t5-/m1/s1. The second kappa shape index (κ2) is 3.32. The highest BCUT2D eigenvalue weighted by Crippen LogP contribution is 2.11. The fourth-order valence-corrected chi connectivity index (χ4v) is 0.961. The molecule has 0 fully saturated rings. The van der Waals surface area contributed by atoms with Gasteiger partial charge in [0, 0.05) is 12.2 Å². The zero-order valence-electron chi connectivity index (χ0n) is 6.69. The van der Waals surface area contributed by atoms with Crippen LogP contribution in [-0.2, 0) is 0 Å². The molecule has 0 radical (unpaired) electrons. The maximum atomic E-state index is 10.6.